The number of hydrogen-bond donors (Lipinski definition) is 2. The lowest BCUT2D eigenvalue weighted by Crippen LogP contribution is -2.34. The first-order chi connectivity index (χ1) is 9.70. The Labute approximate surface area is 124 Å². The topological polar surface area (TPSA) is 49.3 Å². The van der Waals surface area contributed by atoms with E-state index in [1.54, 1.807) is 0 Å². The molecule has 0 spiro atoms. The molecule has 106 valence electrons. The fraction of sp³-hybridized carbons (Fsp3) is 0.438. The molecule has 3 nitrogen and oxygen atoms in total. The minimum Gasteiger partial charge on any atom is -0.395 e. The Morgan fingerprint density at radius 2 is 2.40 bits per heavy atom. The van der Waals surface area contributed by atoms with E-state index >= 15 is 0 Å². The van der Waals surface area contributed by atoms with Crippen molar-refractivity contribution < 1.29 is 9.90 Å². The van der Waals surface area contributed by atoms with E-state index in [9.17, 15) is 4.79 Å². The lowest BCUT2D eigenvalue weighted by molar-refractivity contribution is 0.0941. The molecule has 1 aromatic carbocycles. The molecule has 1 heterocycles. The van der Waals surface area contributed by atoms with E-state index in [2.05, 4.69) is 17.2 Å². The molecule has 2 rings (SSSR count). The summed E-state index contributed by atoms with van der Waals surface area (Å²) in [6.07, 6.45) is 1.50. The Kier molecular flexibility index (Phi) is 5.51. The van der Waals surface area contributed by atoms with Crippen molar-refractivity contribution in [3.63, 3.8) is 0 Å². The van der Waals surface area contributed by atoms with Crippen molar-refractivity contribution in [2.75, 3.05) is 18.1 Å². The van der Waals surface area contributed by atoms with Gasteiger partial charge in [0.1, 0.15) is 0 Å². The summed E-state index contributed by atoms with van der Waals surface area (Å²) >= 11 is 1.88. The van der Waals surface area contributed by atoms with Gasteiger partial charge in [-0.15, -0.1) is 0 Å². The lowest BCUT2D eigenvalue weighted by Gasteiger charge is -2.11. The van der Waals surface area contributed by atoms with Crippen LogP contribution in [0.15, 0.2) is 18.2 Å². The summed E-state index contributed by atoms with van der Waals surface area (Å²) < 4.78 is 0. The number of amides is 1. The molecule has 0 aromatic heterocycles. The van der Waals surface area contributed by atoms with Crippen molar-refractivity contribution in [1.29, 1.82) is 0 Å². The number of aliphatic hydroxyl groups is 1. The number of aliphatic hydroxyl groups excluding tert-OH is 1. The summed E-state index contributed by atoms with van der Waals surface area (Å²) in [5, 5.41) is 11.8. The number of thioether (sulfide) groups is 1. The van der Waals surface area contributed by atoms with Crippen LogP contribution in [0.3, 0.4) is 0 Å². The van der Waals surface area contributed by atoms with Gasteiger partial charge in [-0.3, -0.25) is 4.79 Å². The summed E-state index contributed by atoms with van der Waals surface area (Å²) in [5.74, 6) is 8.00. The molecule has 1 aliphatic rings. The Hall–Kier alpha value is -1.44. The van der Waals surface area contributed by atoms with Crippen LogP contribution in [0.4, 0.5) is 0 Å². The maximum atomic E-state index is 12.2. The van der Waals surface area contributed by atoms with Crippen LogP contribution in [0.5, 0.6) is 0 Å². The first-order valence-corrected chi connectivity index (χ1v) is 7.95. The van der Waals surface area contributed by atoms with Crippen LogP contribution in [-0.2, 0) is 0 Å². The highest BCUT2D eigenvalue weighted by molar-refractivity contribution is 7.99. The van der Waals surface area contributed by atoms with Gasteiger partial charge in [-0.25, -0.2) is 0 Å². The second-order valence-electron chi connectivity index (χ2n) is 4.84. The molecular weight excluding hydrogens is 270 g/mol. The predicted octanol–water partition coefficient (Wildman–Crippen LogP) is 1.96. The molecule has 2 N–H and O–H groups in total. The second-order valence-corrected chi connectivity index (χ2v) is 5.99. The van der Waals surface area contributed by atoms with Crippen LogP contribution in [0, 0.1) is 18.8 Å². The zero-order chi connectivity index (χ0) is 14.4. The zero-order valence-electron chi connectivity index (χ0n) is 11.6. The molecule has 20 heavy (non-hydrogen) atoms. The predicted molar refractivity (Wildman–Crippen MR) is 83.0 cm³/mol. The van der Waals surface area contributed by atoms with Crippen molar-refractivity contribution in [2.45, 2.75) is 25.8 Å². The van der Waals surface area contributed by atoms with Gasteiger partial charge in [-0.1, -0.05) is 17.9 Å². The number of carbonyl (C=O) groups is 1. The van der Waals surface area contributed by atoms with E-state index in [0.717, 1.165) is 29.1 Å². The number of carbonyl (C=O) groups excluding carboxylic acids is 1. The molecule has 1 aromatic rings. The highest BCUT2D eigenvalue weighted by Crippen LogP contribution is 2.18. The molecule has 4 heteroatoms. The summed E-state index contributed by atoms with van der Waals surface area (Å²) in [6.45, 7) is 2.03. The standard InChI is InChI=1S/C16H19NO2S/c1-12-5-6-14(10-13(12)4-2-3-8-18)16(19)17-15-7-9-20-11-15/h5-6,10,15,18H,3,7-9,11H2,1H3,(H,17,19). The smallest absolute Gasteiger partial charge is 0.251 e. The molecular formula is C16H19NO2S. The van der Waals surface area contributed by atoms with Crippen molar-refractivity contribution in [2.24, 2.45) is 0 Å². The maximum absolute atomic E-state index is 12.2. The molecule has 0 bridgehead atoms. The first kappa shape index (κ1) is 15.0. The summed E-state index contributed by atoms with van der Waals surface area (Å²) in [6, 6.07) is 5.88. The Morgan fingerprint density at radius 3 is 3.10 bits per heavy atom. The van der Waals surface area contributed by atoms with Gasteiger partial charge in [0.25, 0.3) is 5.91 Å². The van der Waals surface area contributed by atoms with E-state index in [4.69, 9.17) is 5.11 Å². The third kappa shape index (κ3) is 4.03. The minimum atomic E-state index is -0.0253. The fourth-order valence-corrected chi connectivity index (χ4v) is 3.18. The van der Waals surface area contributed by atoms with Crippen LogP contribution >= 0.6 is 11.8 Å². The zero-order valence-corrected chi connectivity index (χ0v) is 12.4. The van der Waals surface area contributed by atoms with Crippen LogP contribution in [0.1, 0.15) is 34.3 Å². The lowest BCUT2D eigenvalue weighted by atomic mass is 10.0. The van der Waals surface area contributed by atoms with Crippen molar-refractivity contribution in [3.05, 3.63) is 34.9 Å². The molecule has 0 radical (unpaired) electrons. The van der Waals surface area contributed by atoms with Crippen LogP contribution in [-0.4, -0.2) is 35.2 Å². The third-order valence-corrected chi connectivity index (χ3v) is 4.39. The van der Waals surface area contributed by atoms with Crippen molar-refractivity contribution in [3.8, 4) is 11.8 Å². The molecule has 0 aliphatic carbocycles. The maximum Gasteiger partial charge on any atom is 0.251 e. The van der Waals surface area contributed by atoms with Gasteiger partial charge in [-0.2, -0.15) is 11.8 Å². The number of aryl methyl sites for hydroxylation is 1. The van der Waals surface area contributed by atoms with E-state index in [1.807, 2.05) is 36.9 Å². The Morgan fingerprint density at radius 1 is 1.55 bits per heavy atom. The van der Waals surface area contributed by atoms with Gasteiger partial charge in [-0.05, 0) is 36.8 Å². The normalized spacial score (nSPS) is 17.4. The fourth-order valence-electron chi connectivity index (χ4n) is 2.03. The Bertz CT molecular complexity index is 539. The number of hydrogen-bond acceptors (Lipinski definition) is 3. The average molecular weight is 289 g/mol. The van der Waals surface area contributed by atoms with Crippen molar-refractivity contribution in [1.82, 2.24) is 5.32 Å². The van der Waals surface area contributed by atoms with Crippen molar-refractivity contribution >= 4 is 17.7 Å². The quantitative estimate of drug-likeness (QED) is 0.836. The molecule has 1 aliphatic heterocycles. The first-order valence-electron chi connectivity index (χ1n) is 6.79. The van der Waals surface area contributed by atoms with Crippen LogP contribution < -0.4 is 5.32 Å². The second kappa shape index (κ2) is 7.37. The summed E-state index contributed by atoms with van der Waals surface area (Å²) in [7, 11) is 0. The molecule has 1 amide bonds. The summed E-state index contributed by atoms with van der Waals surface area (Å²) in [5.41, 5.74) is 2.55. The van der Waals surface area contributed by atoms with E-state index in [-0.39, 0.29) is 18.6 Å². The molecule has 1 atom stereocenters. The minimum absolute atomic E-state index is 0.0253. The largest absolute Gasteiger partial charge is 0.395 e. The van der Waals surface area contributed by atoms with Gasteiger partial charge in [0.05, 0.1) is 6.61 Å². The van der Waals surface area contributed by atoms with E-state index in [1.165, 1.54) is 0 Å². The SMILES string of the molecule is Cc1ccc(C(=O)NC2CCSC2)cc1C#CCCO. The summed E-state index contributed by atoms with van der Waals surface area (Å²) in [4.78, 5) is 12.2. The highest BCUT2D eigenvalue weighted by atomic mass is 32.2. The van der Waals surface area contributed by atoms with Gasteiger partial charge in [0.15, 0.2) is 0 Å². The van der Waals surface area contributed by atoms with Gasteiger partial charge < -0.3 is 10.4 Å². The molecule has 1 saturated heterocycles. The third-order valence-electron chi connectivity index (χ3n) is 3.22. The van der Waals surface area contributed by atoms with Crippen LogP contribution in [0.2, 0.25) is 0 Å². The van der Waals surface area contributed by atoms with Gasteiger partial charge in [0.2, 0.25) is 0 Å². The Balaban J connectivity index is 2.09. The van der Waals surface area contributed by atoms with E-state index in [0.29, 0.717) is 12.0 Å². The van der Waals surface area contributed by atoms with E-state index < -0.39 is 0 Å². The number of benzene rings is 1. The van der Waals surface area contributed by atoms with Gasteiger partial charge >= 0.3 is 0 Å². The molecule has 0 saturated carbocycles. The molecule has 1 unspecified atom stereocenters. The monoisotopic (exact) mass is 289 g/mol. The highest BCUT2D eigenvalue weighted by Gasteiger charge is 2.18. The number of rotatable bonds is 3. The van der Waals surface area contributed by atoms with Gasteiger partial charge in [0, 0.05) is 29.3 Å². The number of nitrogens with one attached hydrogen (secondary N) is 1. The molecule has 1 fully saturated rings. The van der Waals surface area contributed by atoms with Crippen LogP contribution in [0.25, 0.3) is 0 Å². The average Bonchev–Trinajstić information content (AvgIpc) is 2.94.